The van der Waals surface area contributed by atoms with Crippen LogP contribution in [0, 0.1) is 0 Å². The number of hydrogen-bond acceptors (Lipinski definition) is 5. The first-order valence-electron chi connectivity index (χ1n) is 6.75. The highest BCUT2D eigenvalue weighted by molar-refractivity contribution is 8.00. The Kier molecular flexibility index (Phi) is 5.03. The molecule has 6 heteroatoms. The van der Waals surface area contributed by atoms with Gasteiger partial charge >= 0.3 is 5.97 Å². The molecule has 1 aromatic heterocycles. The van der Waals surface area contributed by atoms with Crippen molar-refractivity contribution in [2.75, 3.05) is 11.8 Å². The molecule has 118 valence electrons. The molecular weight excluding hydrogens is 318 g/mol. The van der Waals surface area contributed by atoms with Crippen molar-refractivity contribution < 1.29 is 14.6 Å². The third kappa shape index (κ3) is 3.75. The molecule has 0 unspecified atom stereocenters. The number of aromatic carboxylic acids is 1. The fraction of sp³-hybridized carbons (Fsp3) is 0.312. The van der Waals surface area contributed by atoms with Crippen molar-refractivity contribution in [3.05, 3.63) is 40.1 Å². The Bertz CT molecular complexity index is 674. The van der Waals surface area contributed by atoms with Crippen molar-refractivity contribution in [3.8, 4) is 5.75 Å². The van der Waals surface area contributed by atoms with Crippen molar-refractivity contribution in [2.45, 2.75) is 31.1 Å². The molecule has 0 bridgehead atoms. The van der Waals surface area contributed by atoms with Crippen molar-refractivity contribution in [2.24, 2.45) is 0 Å². The zero-order valence-corrected chi connectivity index (χ0v) is 14.6. The molecule has 4 nitrogen and oxygen atoms in total. The van der Waals surface area contributed by atoms with Gasteiger partial charge in [0.1, 0.15) is 10.6 Å². The maximum absolute atomic E-state index is 11.1. The molecule has 2 aromatic rings. The average Bonchev–Trinajstić information content (AvgIpc) is 2.92. The summed E-state index contributed by atoms with van der Waals surface area (Å²) in [6, 6.07) is 7.84. The van der Waals surface area contributed by atoms with Gasteiger partial charge in [-0.3, -0.25) is 0 Å². The molecular formula is C16H19NO3S2. The van der Waals surface area contributed by atoms with Crippen LogP contribution in [-0.2, 0) is 5.41 Å². The number of carbonyl (C=O) groups is 1. The molecule has 0 saturated carbocycles. The van der Waals surface area contributed by atoms with Crippen LogP contribution in [0.4, 0.5) is 5.69 Å². The Balaban J connectivity index is 2.19. The maximum atomic E-state index is 11.1. The lowest BCUT2D eigenvalue weighted by Gasteiger charge is -2.20. The van der Waals surface area contributed by atoms with E-state index in [-0.39, 0.29) is 5.41 Å². The summed E-state index contributed by atoms with van der Waals surface area (Å²) < 4.78 is 8.54. The van der Waals surface area contributed by atoms with Gasteiger partial charge in [-0.2, -0.15) is 0 Å². The Morgan fingerprint density at radius 1 is 1.32 bits per heavy atom. The number of rotatable bonds is 5. The van der Waals surface area contributed by atoms with Gasteiger partial charge < -0.3 is 14.6 Å². The number of carboxylic acids is 1. The number of methoxy groups -OCH3 is 1. The molecule has 2 N–H and O–H groups in total. The van der Waals surface area contributed by atoms with Gasteiger partial charge in [-0.25, -0.2) is 4.79 Å². The van der Waals surface area contributed by atoms with E-state index in [1.165, 1.54) is 28.8 Å². The summed E-state index contributed by atoms with van der Waals surface area (Å²) in [4.78, 5) is 12.3. The lowest BCUT2D eigenvalue weighted by Crippen LogP contribution is -2.11. The molecule has 1 heterocycles. The number of ether oxygens (including phenoxy) is 1. The van der Waals surface area contributed by atoms with Gasteiger partial charge in [-0.1, -0.05) is 26.8 Å². The van der Waals surface area contributed by atoms with Crippen LogP contribution in [0.25, 0.3) is 0 Å². The summed E-state index contributed by atoms with van der Waals surface area (Å²) in [6.45, 7) is 6.45. The first-order chi connectivity index (χ1) is 10.3. The normalized spacial score (nSPS) is 11.3. The van der Waals surface area contributed by atoms with E-state index in [0.717, 1.165) is 10.6 Å². The highest BCUT2D eigenvalue weighted by Crippen LogP contribution is 2.35. The second-order valence-electron chi connectivity index (χ2n) is 5.79. The molecule has 0 fully saturated rings. The van der Waals surface area contributed by atoms with Crippen LogP contribution in [-0.4, -0.2) is 18.2 Å². The smallest absolute Gasteiger partial charge is 0.348 e. The van der Waals surface area contributed by atoms with Crippen LogP contribution in [0.15, 0.2) is 34.5 Å². The van der Waals surface area contributed by atoms with Gasteiger partial charge in [0.25, 0.3) is 0 Å². The Morgan fingerprint density at radius 3 is 2.64 bits per heavy atom. The molecule has 0 amide bonds. The summed E-state index contributed by atoms with van der Waals surface area (Å²) >= 11 is 2.55. The first-order valence-corrected chi connectivity index (χ1v) is 8.44. The third-order valence-corrected chi connectivity index (χ3v) is 4.94. The zero-order valence-electron chi connectivity index (χ0n) is 13.0. The topological polar surface area (TPSA) is 58.6 Å². The van der Waals surface area contributed by atoms with E-state index in [1.54, 1.807) is 18.6 Å². The Hall–Kier alpha value is -1.66. The molecule has 0 aliphatic rings. The van der Waals surface area contributed by atoms with Gasteiger partial charge in [0, 0.05) is 0 Å². The van der Waals surface area contributed by atoms with Crippen molar-refractivity contribution in [3.63, 3.8) is 0 Å². The van der Waals surface area contributed by atoms with Gasteiger partial charge in [0.05, 0.1) is 17.7 Å². The summed E-state index contributed by atoms with van der Waals surface area (Å²) in [5.41, 5.74) is 1.84. The van der Waals surface area contributed by atoms with E-state index < -0.39 is 5.97 Å². The first kappa shape index (κ1) is 16.7. The van der Waals surface area contributed by atoms with E-state index in [9.17, 15) is 4.79 Å². The molecule has 0 saturated heterocycles. The number of benzene rings is 1. The average molecular weight is 337 g/mol. The monoisotopic (exact) mass is 337 g/mol. The molecule has 0 aliphatic heterocycles. The number of anilines is 1. The van der Waals surface area contributed by atoms with Crippen molar-refractivity contribution >= 4 is 34.9 Å². The molecule has 0 radical (unpaired) electrons. The van der Waals surface area contributed by atoms with Gasteiger partial charge in [-0.05, 0) is 46.5 Å². The van der Waals surface area contributed by atoms with E-state index in [4.69, 9.17) is 9.84 Å². The predicted octanol–water partition coefficient (Wildman–Crippen LogP) is 4.87. The SMILES string of the molecule is COc1cc(C(C)(C)C)ccc1SNc1ccsc1C(=O)O. The number of hydrogen-bond donors (Lipinski definition) is 2. The van der Waals surface area contributed by atoms with Gasteiger partial charge in [-0.15, -0.1) is 11.3 Å². The number of nitrogens with one attached hydrogen (secondary N) is 1. The quantitative estimate of drug-likeness (QED) is 0.762. The van der Waals surface area contributed by atoms with Crippen LogP contribution in [0.5, 0.6) is 5.75 Å². The van der Waals surface area contributed by atoms with Crippen LogP contribution in [0.3, 0.4) is 0 Å². The van der Waals surface area contributed by atoms with Crippen molar-refractivity contribution in [1.82, 2.24) is 0 Å². The van der Waals surface area contributed by atoms with Crippen LogP contribution >= 0.6 is 23.3 Å². The summed E-state index contributed by atoms with van der Waals surface area (Å²) in [6.07, 6.45) is 0. The fourth-order valence-corrected chi connectivity index (χ4v) is 3.40. The third-order valence-electron chi connectivity index (χ3n) is 3.16. The largest absolute Gasteiger partial charge is 0.496 e. The van der Waals surface area contributed by atoms with Gasteiger partial charge in [0.15, 0.2) is 0 Å². The molecule has 0 spiro atoms. The summed E-state index contributed by atoms with van der Waals surface area (Å²) in [5.74, 6) is -0.148. The second-order valence-corrected chi connectivity index (χ2v) is 7.55. The minimum absolute atomic E-state index is 0.0493. The Labute approximate surface area is 138 Å². The minimum Gasteiger partial charge on any atom is -0.496 e. The second kappa shape index (κ2) is 6.62. The molecule has 0 atom stereocenters. The van der Waals surface area contributed by atoms with Crippen LogP contribution in [0.2, 0.25) is 0 Å². The van der Waals surface area contributed by atoms with E-state index in [0.29, 0.717) is 10.6 Å². The highest BCUT2D eigenvalue weighted by Gasteiger charge is 2.17. The minimum atomic E-state index is -0.923. The lowest BCUT2D eigenvalue weighted by atomic mass is 9.87. The maximum Gasteiger partial charge on any atom is 0.348 e. The zero-order chi connectivity index (χ0) is 16.3. The van der Waals surface area contributed by atoms with Crippen molar-refractivity contribution in [1.29, 1.82) is 0 Å². The van der Waals surface area contributed by atoms with E-state index >= 15 is 0 Å². The number of thiophene rings is 1. The lowest BCUT2D eigenvalue weighted by molar-refractivity contribution is 0.0703. The van der Waals surface area contributed by atoms with Crippen LogP contribution < -0.4 is 9.46 Å². The standard InChI is InChI=1S/C16H19NO3S2/c1-16(2,3)10-5-6-13(12(9-10)20-4)22-17-11-7-8-21-14(11)15(18)19/h5-9,17H,1-4H3,(H,18,19). The van der Waals surface area contributed by atoms with Gasteiger partial charge in [0.2, 0.25) is 0 Å². The van der Waals surface area contributed by atoms with E-state index in [2.05, 4.69) is 31.6 Å². The predicted molar refractivity (Wildman–Crippen MR) is 92.5 cm³/mol. The summed E-state index contributed by atoms with van der Waals surface area (Å²) in [7, 11) is 1.64. The fourth-order valence-electron chi connectivity index (χ4n) is 1.88. The molecule has 1 aromatic carbocycles. The Morgan fingerprint density at radius 2 is 2.05 bits per heavy atom. The van der Waals surface area contributed by atoms with E-state index in [1.807, 2.05) is 12.1 Å². The molecule has 0 aliphatic carbocycles. The number of carboxylic acid groups (broad SMARTS) is 1. The van der Waals surface area contributed by atoms with Crippen LogP contribution in [0.1, 0.15) is 36.0 Å². The summed E-state index contributed by atoms with van der Waals surface area (Å²) in [5, 5.41) is 10.9. The highest BCUT2D eigenvalue weighted by atomic mass is 32.2. The molecule has 22 heavy (non-hydrogen) atoms. The molecule has 2 rings (SSSR count).